The molecule has 3 rings (SSSR count). The van der Waals surface area contributed by atoms with Crippen molar-refractivity contribution >= 4 is 6.08 Å². The van der Waals surface area contributed by atoms with Crippen molar-refractivity contribution in [3.63, 3.8) is 0 Å². The Bertz CT molecular complexity index is 437. The molecule has 0 spiro atoms. The summed E-state index contributed by atoms with van der Waals surface area (Å²) in [5, 5.41) is 10.0. The minimum atomic E-state index is -0.445. The van der Waals surface area contributed by atoms with E-state index < -0.39 is 6.10 Å². The molecule has 3 heteroatoms. The van der Waals surface area contributed by atoms with E-state index in [9.17, 15) is 5.11 Å². The van der Waals surface area contributed by atoms with Crippen LogP contribution in [0.4, 0.5) is 0 Å². The Morgan fingerprint density at radius 1 is 1.27 bits per heavy atom. The van der Waals surface area contributed by atoms with Crippen molar-refractivity contribution in [1.29, 1.82) is 0 Å². The van der Waals surface area contributed by atoms with Gasteiger partial charge in [0.2, 0.25) is 6.79 Å². The zero-order chi connectivity index (χ0) is 10.4. The third kappa shape index (κ3) is 1.23. The van der Waals surface area contributed by atoms with E-state index in [1.807, 2.05) is 31.2 Å². The number of aliphatic hydroxyl groups excluding tert-OH is 1. The van der Waals surface area contributed by atoms with Crippen LogP contribution in [0.3, 0.4) is 0 Å². The van der Waals surface area contributed by atoms with Crippen LogP contribution in [-0.2, 0) is 0 Å². The largest absolute Gasteiger partial charge is 0.454 e. The Morgan fingerprint density at radius 3 is 2.80 bits per heavy atom. The molecule has 0 saturated heterocycles. The van der Waals surface area contributed by atoms with E-state index in [-0.39, 0.29) is 12.7 Å². The van der Waals surface area contributed by atoms with E-state index in [0.717, 1.165) is 22.6 Å². The summed E-state index contributed by atoms with van der Waals surface area (Å²) in [5.41, 5.74) is 1.94. The number of hydrogen-bond donors (Lipinski definition) is 1. The normalized spacial score (nSPS) is 26.5. The standard InChI is InChI=1S/C12H12O3/c1-7-2-3-8-4-10-11(15-6-14-10)5-9(8)12(7)13/h2-5,7,12-13H,6H2,1H3/t7-,12+/m0/s1. The fourth-order valence-corrected chi connectivity index (χ4v) is 2.02. The van der Waals surface area contributed by atoms with Crippen molar-refractivity contribution in [2.24, 2.45) is 5.92 Å². The zero-order valence-electron chi connectivity index (χ0n) is 8.43. The van der Waals surface area contributed by atoms with E-state index >= 15 is 0 Å². The molecule has 1 aliphatic heterocycles. The van der Waals surface area contributed by atoms with Crippen LogP contribution in [-0.4, -0.2) is 11.9 Å². The Morgan fingerprint density at radius 2 is 2.00 bits per heavy atom. The van der Waals surface area contributed by atoms with Crippen molar-refractivity contribution in [1.82, 2.24) is 0 Å². The minimum Gasteiger partial charge on any atom is -0.454 e. The van der Waals surface area contributed by atoms with Crippen LogP contribution in [0.1, 0.15) is 24.2 Å². The van der Waals surface area contributed by atoms with Crippen molar-refractivity contribution in [2.45, 2.75) is 13.0 Å². The molecule has 1 N–H and O–H groups in total. The van der Waals surface area contributed by atoms with E-state index in [2.05, 4.69) is 0 Å². The Hall–Kier alpha value is -1.48. The number of ether oxygens (including phenoxy) is 2. The maximum atomic E-state index is 10.0. The molecular formula is C12H12O3. The Labute approximate surface area is 87.9 Å². The van der Waals surface area contributed by atoms with Crippen LogP contribution in [0.2, 0.25) is 0 Å². The van der Waals surface area contributed by atoms with Crippen LogP contribution in [0.15, 0.2) is 18.2 Å². The molecule has 1 aliphatic carbocycles. The number of rotatable bonds is 0. The second kappa shape index (κ2) is 3.00. The SMILES string of the molecule is C[C@H]1C=Cc2cc3c(cc2[C@@H]1O)OCO3. The molecule has 0 bridgehead atoms. The number of fused-ring (bicyclic) bond motifs is 2. The summed E-state index contributed by atoms with van der Waals surface area (Å²) >= 11 is 0. The van der Waals surface area contributed by atoms with Gasteiger partial charge in [-0.3, -0.25) is 0 Å². The third-order valence-corrected chi connectivity index (χ3v) is 2.97. The maximum Gasteiger partial charge on any atom is 0.231 e. The highest BCUT2D eigenvalue weighted by Gasteiger charge is 2.24. The lowest BCUT2D eigenvalue weighted by molar-refractivity contribution is 0.137. The van der Waals surface area contributed by atoms with Crippen LogP contribution >= 0.6 is 0 Å². The van der Waals surface area contributed by atoms with Gasteiger partial charge in [0.1, 0.15) is 0 Å². The van der Waals surface area contributed by atoms with Crippen LogP contribution in [0.25, 0.3) is 6.08 Å². The summed E-state index contributed by atoms with van der Waals surface area (Å²) in [7, 11) is 0. The zero-order valence-corrected chi connectivity index (χ0v) is 8.43. The molecule has 0 unspecified atom stereocenters. The van der Waals surface area contributed by atoms with Gasteiger partial charge in [-0.1, -0.05) is 19.1 Å². The second-order valence-electron chi connectivity index (χ2n) is 4.00. The summed E-state index contributed by atoms with van der Waals surface area (Å²) in [6.45, 7) is 2.27. The van der Waals surface area contributed by atoms with Gasteiger partial charge in [0.25, 0.3) is 0 Å². The molecule has 0 aromatic heterocycles. The second-order valence-corrected chi connectivity index (χ2v) is 4.00. The Balaban J connectivity index is 2.15. The first-order valence-electron chi connectivity index (χ1n) is 5.05. The lowest BCUT2D eigenvalue weighted by Crippen LogP contribution is -2.11. The lowest BCUT2D eigenvalue weighted by Gasteiger charge is -2.22. The fraction of sp³-hybridized carbons (Fsp3) is 0.333. The topological polar surface area (TPSA) is 38.7 Å². The Kier molecular flexibility index (Phi) is 1.76. The predicted molar refractivity (Wildman–Crippen MR) is 55.7 cm³/mol. The van der Waals surface area contributed by atoms with Gasteiger partial charge in [-0.15, -0.1) is 0 Å². The van der Waals surface area contributed by atoms with Crippen LogP contribution < -0.4 is 9.47 Å². The monoisotopic (exact) mass is 204 g/mol. The average Bonchev–Trinajstić information content (AvgIpc) is 2.68. The van der Waals surface area contributed by atoms with E-state index in [0.29, 0.717) is 0 Å². The smallest absolute Gasteiger partial charge is 0.231 e. The van der Waals surface area contributed by atoms with Gasteiger partial charge in [0.15, 0.2) is 11.5 Å². The van der Waals surface area contributed by atoms with Gasteiger partial charge in [0, 0.05) is 5.92 Å². The lowest BCUT2D eigenvalue weighted by atomic mass is 9.88. The van der Waals surface area contributed by atoms with E-state index in [1.165, 1.54) is 0 Å². The molecule has 2 aliphatic rings. The summed E-state index contributed by atoms with van der Waals surface area (Å²) in [4.78, 5) is 0. The van der Waals surface area contributed by atoms with Crippen LogP contribution in [0.5, 0.6) is 11.5 Å². The van der Waals surface area contributed by atoms with Gasteiger partial charge in [0.05, 0.1) is 6.10 Å². The number of benzene rings is 1. The van der Waals surface area contributed by atoms with Gasteiger partial charge in [-0.2, -0.15) is 0 Å². The first-order valence-corrected chi connectivity index (χ1v) is 5.05. The quantitative estimate of drug-likeness (QED) is 0.703. The molecule has 1 aromatic carbocycles. The molecule has 1 aromatic rings. The highest BCUT2D eigenvalue weighted by Crippen LogP contribution is 2.41. The van der Waals surface area contributed by atoms with Crippen LogP contribution in [0, 0.1) is 5.92 Å². The van der Waals surface area contributed by atoms with Gasteiger partial charge in [-0.25, -0.2) is 0 Å². The molecule has 0 saturated carbocycles. The van der Waals surface area contributed by atoms with Crippen molar-refractivity contribution in [3.05, 3.63) is 29.3 Å². The number of hydrogen-bond acceptors (Lipinski definition) is 3. The molecule has 0 radical (unpaired) electrons. The van der Waals surface area contributed by atoms with Gasteiger partial charge >= 0.3 is 0 Å². The van der Waals surface area contributed by atoms with E-state index in [1.54, 1.807) is 0 Å². The predicted octanol–water partition coefficient (Wildman–Crippen LogP) is 2.11. The number of aliphatic hydroxyl groups is 1. The van der Waals surface area contributed by atoms with E-state index in [4.69, 9.17) is 9.47 Å². The molecule has 1 heterocycles. The van der Waals surface area contributed by atoms with Crippen molar-refractivity contribution < 1.29 is 14.6 Å². The summed E-state index contributed by atoms with van der Waals surface area (Å²) in [5.74, 6) is 1.65. The van der Waals surface area contributed by atoms with Gasteiger partial charge < -0.3 is 14.6 Å². The molecular weight excluding hydrogens is 192 g/mol. The summed E-state index contributed by atoms with van der Waals surface area (Å²) in [6, 6.07) is 3.80. The first kappa shape index (κ1) is 8.80. The summed E-state index contributed by atoms with van der Waals surface area (Å²) < 4.78 is 10.6. The van der Waals surface area contributed by atoms with Crippen molar-refractivity contribution in [3.8, 4) is 11.5 Å². The maximum absolute atomic E-state index is 10.0. The molecule has 2 atom stereocenters. The molecule has 78 valence electrons. The summed E-state index contributed by atoms with van der Waals surface area (Å²) in [6.07, 6.45) is 3.59. The minimum absolute atomic E-state index is 0.151. The first-order chi connectivity index (χ1) is 7.25. The highest BCUT2D eigenvalue weighted by atomic mass is 16.7. The third-order valence-electron chi connectivity index (χ3n) is 2.97. The highest BCUT2D eigenvalue weighted by molar-refractivity contribution is 5.63. The average molecular weight is 204 g/mol. The van der Waals surface area contributed by atoms with Gasteiger partial charge in [-0.05, 0) is 23.3 Å². The molecule has 15 heavy (non-hydrogen) atoms. The molecule has 0 amide bonds. The molecule has 0 fully saturated rings. The molecule has 3 nitrogen and oxygen atoms in total. The van der Waals surface area contributed by atoms with Crippen molar-refractivity contribution in [2.75, 3.05) is 6.79 Å². The fourth-order valence-electron chi connectivity index (χ4n) is 2.02.